The topological polar surface area (TPSA) is 23.6 Å². The Morgan fingerprint density at radius 3 is 2.47 bits per heavy atom. The van der Waals surface area contributed by atoms with Gasteiger partial charge in [0.1, 0.15) is 0 Å². The summed E-state index contributed by atoms with van der Waals surface area (Å²) < 4.78 is 0. The Bertz CT molecular complexity index is 222. The van der Waals surface area contributed by atoms with Crippen molar-refractivity contribution >= 4 is 5.91 Å². The fourth-order valence-electron chi connectivity index (χ4n) is 2.51. The Kier molecular flexibility index (Phi) is 6.56. The van der Waals surface area contributed by atoms with E-state index in [9.17, 15) is 4.79 Å². The number of rotatable bonds is 6. The number of unbranched alkanes of at least 4 members (excludes halogenated alkanes) is 1. The molecule has 1 aliphatic heterocycles. The molecule has 0 N–H and O–H groups in total. The van der Waals surface area contributed by atoms with Gasteiger partial charge in [0, 0.05) is 20.0 Å². The molecule has 17 heavy (non-hydrogen) atoms. The van der Waals surface area contributed by atoms with Crippen LogP contribution >= 0.6 is 0 Å². The van der Waals surface area contributed by atoms with Gasteiger partial charge in [-0.15, -0.1) is 0 Å². The van der Waals surface area contributed by atoms with Gasteiger partial charge < -0.3 is 9.80 Å². The minimum Gasteiger partial charge on any atom is -0.343 e. The smallest absolute Gasteiger partial charge is 0.219 e. The standard InChI is InChI=1S/C14H28N2O/c1-4-15(3)10-6-5-7-14-8-11-16(12-9-14)13(2)17/h14H,4-12H2,1-3H3. The molecule has 0 spiro atoms. The zero-order valence-corrected chi connectivity index (χ0v) is 11.7. The lowest BCUT2D eigenvalue weighted by atomic mass is 9.91. The Labute approximate surface area is 106 Å². The Morgan fingerprint density at radius 2 is 1.94 bits per heavy atom. The first-order chi connectivity index (χ1) is 8.13. The predicted molar refractivity (Wildman–Crippen MR) is 72.0 cm³/mol. The molecule has 0 bridgehead atoms. The fraction of sp³-hybridized carbons (Fsp3) is 0.929. The highest BCUT2D eigenvalue weighted by Crippen LogP contribution is 2.22. The van der Waals surface area contributed by atoms with Gasteiger partial charge in [-0.3, -0.25) is 4.79 Å². The molecule has 0 unspecified atom stereocenters. The van der Waals surface area contributed by atoms with E-state index in [1.165, 1.54) is 38.6 Å². The van der Waals surface area contributed by atoms with E-state index < -0.39 is 0 Å². The molecule has 3 heteroatoms. The van der Waals surface area contributed by atoms with Crippen LogP contribution < -0.4 is 0 Å². The number of piperidine rings is 1. The molecule has 0 aromatic rings. The second kappa shape index (κ2) is 7.70. The third kappa shape index (κ3) is 5.53. The van der Waals surface area contributed by atoms with Gasteiger partial charge in [-0.05, 0) is 45.3 Å². The van der Waals surface area contributed by atoms with Crippen LogP contribution in [0.1, 0.15) is 46.0 Å². The molecule has 0 aromatic carbocycles. The van der Waals surface area contributed by atoms with Crippen molar-refractivity contribution in [2.24, 2.45) is 5.92 Å². The Morgan fingerprint density at radius 1 is 1.29 bits per heavy atom. The first-order valence-corrected chi connectivity index (χ1v) is 7.07. The predicted octanol–water partition coefficient (Wildman–Crippen LogP) is 2.37. The van der Waals surface area contributed by atoms with Crippen LogP contribution in [-0.4, -0.2) is 48.9 Å². The van der Waals surface area contributed by atoms with Crippen molar-refractivity contribution < 1.29 is 4.79 Å². The van der Waals surface area contributed by atoms with Gasteiger partial charge in [-0.1, -0.05) is 19.8 Å². The molecule has 100 valence electrons. The lowest BCUT2D eigenvalue weighted by Crippen LogP contribution is -2.36. The molecule has 0 radical (unpaired) electrons. The van der Waals surface area contributed by atoms with E-state index >= 15 is 0 Å². The van der Waals surface area contributed by atoms with E-state index in [0.29, 0.717) is 0 Å². The van der Waals surface area contributed by atoms with Crippen LogP contribution in [0.3, 0.4) is 0 Å². The van der Waals surface area contributed by atoms with Crippen molar-refractivity contribution in [1.29, 1.82) is 0 Å². The third-order valence-electron chi connectivity index (χ3n) is 4.00. The van der Waals surface area contributed by atoms with Crippen molar-refractivity contribution in [1.82, 2.24) is 9.80 Å². The van der Waals surface area contributed by atoms with Crippen molar-refractivity contribution in [3.63, 3.8) is 0 Å². The van der Waals surface area contributed by atoms with Crippen LogP contribution in [0.15, 0.2) is 0 Å². The van der Waals surface area contributed by atoms with Gasteiger partial charge in [-0.2, -0.15) is 0 Å². The quantitative estimate of drug-likeness (QED) is 0.665. The molecule has 3 nitrogen and oxygen atoms in total. The third-order valence-corrected chi connectivity index (χ3v) is 4.00. The maximum atomic E-state index is 11.2. The summed E-state index contributed by atoms with van der Waals surface area (Å²) in [4.78, 5) is 15.6. The van der Waals surface area contributed by atoms with E-state index in [1.54, 1.807) is 6.92 Å². The summed E-state index contributed by atoms with van der Waals surface area (Å²) in [6.07, 6.45) is 6.43. The second-order valence-corrected chi connectivity index (χ2v) is 5.34. The molecule has 0 saturated carbocycles. The van der Waals surface area contributed by atoms with Gasteiger partial charge in [-0.25, -0.2) is 0 Å². The normalized spacial score (nSPS) is 17.8. The van der Waals surface area contributed by atoms with E-state index in [-0.39, 0.29) is 5.91 Å². The summed E-state index contributed by atoms with van der Waals surface area (Å²) in [5, 5.41) is 0. The summed E-state index contributed by atoms with van der Waals surface area (Å²) in [5.74, 6) is 1.10. The zero-order valence-electron chi connectivity index (χ0n) is 11.7. The Hall–Kier alpha value is -0.570. The molecular weight excluding hydrogens is 212 g/mol. The van der Waals surface area contributed by atoms with Crippen LogP contribution in [0.5, 0.6) is 0 Å². The number of carbonyl (C=O) groups excluding carboxylic acids is 1. The van der Waals surface area contributed by atoms with E-state index in [0.717, 1.165) is 25.6 Å². The number of nitrogens with zero attached hydrogens (tertiary/aromatic N) is 2. The highest BCUT2D eigenvalue weighted by atomic mass is 16.2. The minimum absolute atomic E-state index is 0.244. The fourth-order valence-corrected chi connectivity index (χ4v) is 2.51. The summed E-state index contributed by atoms with van der Waals surface area (Å²) in [6, 6.07) is 0. The molecule has 1 amide bonds. The summed E-state index contributed by atoms with van der Waals surface area (Å²) in [6.45, 7) is 8.22. The molecule has 0 aliphatic carbocycles. The van der Waals surface area contributed by atoms with Gasteiger partial charge >= 0.3 is 0 Å². The molecule has 1 saturated heterocycles. The SMILES string of the molecule is CCN(C)CCCCC1CCN(C(C)=O)CC1. The molecular formula is C14H28N2O. The van der Waals surface area contributed by atoms with Crippen molar-refractivity contribution in [2.45, 2.75) is 46.0 Å². The summed E-state index contributed by atoms with van der Waals surface area (Å²) in [7, 11) is 2.19. The number of carbonyl (C=O) groups is 1. The average Bonchev–Trinajstić information content (AvgIpc) is 2.34. The number of hydrogen-bond acceptors (Lipinski definition) is 2. The van der Waals surface area contributed by atoms with Gasteiger partial charge in [0.25, 0.3) is 0 Å². The maximum Gasteiger partial charge on any atom is 0.219 e. The molecule has 0 atom stereocenters. The first kappa shape index (κ1) is 14.5. The number of amides is 1. The highest BCUT2D eigenvalue weighted by molar-refractivity contribution is 5.73. The summed E-state index contributed by atoms with van der Waals surface area (Å²) >= 11 is 0. The molecule has 1 fully saturated rings. The monoisotopic (exact) mass is 240 g/mol. The van der Waals surface area contributed by atoms with Crippen molar-refractivity contribution in [2.75, 3.05) is 33.2 Å². The lowest BCUT2D eigenvalue weighted by Gasteiger charge is -2.31. The first-order valence-electron chi connectivity index (χ1n) is 7.07. The van der Waals surface area contributed by atoms with Crippen molar-refractivity contribution in [3.05, 3.63) is 0 Å². The molecule has 1 heterocycles. The zero-order chi connectivity index (χ0) is 12.7. The van der Waals surface area contributed by atoms with Crippen LogP contribution in [0.25, 0.3) is 0 Å². The van der Waals surface area contributed by atoms with Gasteiger partial charge in [0.2, 0.25) is 5.91 Å². The largest absolute Gasteiger partial charge is 0.343 e. The molecule has 0 aromatic heterocycles. The molecule has 1 aliphatic rings. The van der Waals surface area contributed by atoms with Crippen LogP contribution in [-0.2, 0) is 4.79 Å². The molecule has 1 rings (SSSR count). The summed E-state index contributed by atoms with van der Waals surface area (Å²) in [5.41, 5.74) is 0. The van der Waals surface area contributed by atoms with Crippen LogP contribution in [0.4, 0.5) is 0 Å². The Balaban J connectivity index is 2.04. The number of hydrogen-bond donors (Lipinski definition) is 0. The van der Waals surface area contributed by atoms with E-state index in [1.807, 2.05) is 4.90 Å². The van der Waals surface area contributed by atoms with E-state index in [2.05, 4.69) is 18.9 Å². The van der Waals surface area contributed by atoms with E-state index in [4.69, 9.17) is 0 Å². The van der Waals surface area contributed by atoms with Crippen molar-refractivity contribution in [3.8, 4) is 0 Å². The minimum atomic E-state index is 0.244. The number of likely N-dealkylation sites (tertiary alicyclic amines) is 1. The average molecular weight is 240 g/mol. The van der Waals surface area contributed by atoms with Crippen LogP contribution in [0, 0.1) is 5.92 Å². The van der Waals surface area contributed by atoms with Gasteiger partial charge in [0.05, 0.1) is 0 Å². The highest BCUT2D eigenvalue weighted by Gasteiger charge is 2.19. The lowest BCUT2D eigenvalue weighted by molar-refractivity contribution is -0.130. The second-order valence-electron chi connectivity index (χ2n) is 5.34. The van der Waals surface area contributed by atoms with Gasteiger partial charge in [0.15, 0.2) is 0 Å². The maximum absolute atomic E-state index is 11.2. The van der Waals surface area contributed by atoms with Crippen LogP contribution in [0.2, 0.25) is 0 Å².